The molecule has 0 saturated carbocycles. The predicted octanol–water partition coefficient (Wildman–Crippen LogP) is 3.43. The maximum absolute atomic E-state index is 12.6. The summed E-state index contributed by atoms with van der Waals surface area (Å²) in [5.41, 5.74) is 1.02. The number of pyridine rings is 2. The van der Waals surface area contributed by atoms with E-state index in [2.05, 4.69) is 15.3 Å². The van der Waals surface area contributed by atoms with Crippen LogP contribution in [0.15, 0.2) is 61.2 Å². The van der Waals surface area contributed by atoms with Gasteiger partial charge in [0.15, 0.2) is 0 Å². The number of hydrogen-bond acceptors (Lipinski definition) is 4. The highest BCUT2D eigenvalue weighted by Gasteiger charge is 2.28. The minimum absolute atomic E-state index is 0.0829. The van der Waals surface area contributed by atoms with Crippen LogP contribution in [0.1, 0.15) is 25.1 Å². The summed E-state index contributed by atoms with van der Waals surface area (Å²) in [4.78, 5) is 21.1. The Morgan fingerprint density at radius 2 is 1.92 bits per heavy atom. The van der Waals surface area contributed by atoms with E-state index in [9.17, 15) is 4.79 Å². The molecule has 0 radical (unpaired) electrons. The summed E-state index contributed by atoms with van der Waals surface area (Å²) >= 11 is 0. The van der Waals surface area contributed by atoms with Crippen molar-refractivity contribution >= 4 is 5.91 Å². The molecule has 0 aliphatic carbocycles. The Hall–Kier alpha value is -3.15. The van der Waals surface area contributed by atoms with Crippen molar-refractivity contribution in [2.75, 3.05) is 0 Å². The van der Waals surface area contributed by atoms with Gasteiger partial charge in [0.1, 0.15) is 11.3 Å². The first-order chi connectivity index (χ1) is 12.5. The van der Waals surface area contributed by atoms with E-state index in [0.717, 1.165) is 11.3 Å². The van der Waals surface area contributed by atoms with Crippen LogP contribution in [0.2, 0.25) is 0 Å². The SMILES string of the molecule is Cc1ccc(Oc2ncccc2CNC(=O)C(C)(C)n2cccc2)cn1. The lowest BCUT2D eigenvalue weighted by Crippen LogP contribution is -2.43. The molecule has 0 fully saturated rings. The second-order valence-corrected chi connectivity index (χ2v) is 6.54. The predicted molar refractivity (Wildman–Crippen MR) is 98.9 cm³/mol. The molecule has 1 N–H and O–H groups in total. The third kappa shape index (κ3) is 3.91. The normalized spacial score (nSPS) is 11.2. The summed E-state index contributed by atoms with van der Waals surface area (Å²) in [6, 6.07) is 11.2. The van der Waals surface area contributed by atoms with Gasteiger partial charge in [-0.05, 0) is 51.1 Å². The van der Waals surface area contributed by atoms with Crippen LogP contribution in [-0.2, 0) is 16.9 Å². The van der Waals surface area contributed by atoms with Gasteiger partial charge in [-0.2, -0.15) is 0 Å². The molecule has 0 aliphatic heterocycles. The smallest absolute Gasteiger partial charge is 0.245 e. The minimum atomic E-state index is -0.687. The lowest BCUT2D eigenvalue weighted by Gasteiger charge is -2.26. The van der Waals surface area contributed by atoms with Gasteiger partial charge in [0, 0.05) is 36.4 Å². The molecular formula is C20H22N4O2. The molecule has 0 spiro atoms. The van der Waals surface area contributed by atoms with Crippen LogP contribution in [0.25, 0.3) is 0 Å². The summed E-state index contributed by atoms with van der Waals surface area (Å²) < 4.78 is 7.70. The Morgan fingerprint density at radius 1 is 1.15 bits per heavy atom. The number of nitrogens with one attached hydrogen (secondary N) is 1. The number of carbonyl (C=O) groups is 1. The summed E-state index contributed by atoms with van der Waals surface area (Å²) in [7, 11) is 0. The molecule has 3 aromatic rings. The molecule has 0 atom stereocenters. The Kier molecular flexibility index (Phi) is 5.02. The van der Waals surface area contributed by atoms with Crippen molar-refractivity contribution in [3.63, 3.8) is 0 Å². The third-order valence-electron chi connectivity index (χ3n) is 4.19. The largest absolute Gasteiger partial charge is 0.437 e. The first-order valence-electron chi connectivity index (χ1n) is 8.43. The second kappa shape index (κ2) is 7.39. The highest BCUT2D eigenvalue weighted by molar-refractivity contribution is 5.83. The molecule has 1 amide bonds. The van der Waals surface area contributed by atoms with Crippen LogP contribution >= 0.6 is 0 Å². The van der Waals surface area contributed by atoms with Gasteiger partial charge >= 0.3 is 0 Å². The lowest BCUT2D eigenvalue weighted by molar-refractivity contribution is -0.128. The number of carbonyl (C=O) groups excluding carboxylic acids is 1. The monoisotopic (exact) mass is 350 g/mol. The molecule has 0 aromatic carbocycles. The van der Waals surface area contributed by atoms with Gasteiger partial charge < -0.3 is 14.6 Å². The average molecular weight is 350 g/mol. The zero-order valence-corrected chi connectivity index (χ0v) is 15.1. The van der Waals surface area contributed by atoms with Crippen molar-refractivity contribution in [2.45, 2.75) is 32.9 Å². The van der Waals surface area contributed by atoms with Crippen molar-refractivity contribution in [1.29, 1.82) is 0 Å². The van der Waals surface area contributed by atoms with Gasteiger partial charge in [-0.25, -0.2) is 4.98 Å². The number of aromatic nitrogens is 3. The van der Waals surface area contributed by atoms with Crippen LogP contribution in [0.3, 0.4) is 0 Å². The molecule has 3 aromatic heterocycles. The molecule has 6 nitrogen and oxygen atoms in total. The molecule has 0 bridgehead atoms. The maximum Gasteiger partial charge on any atom is 0.245 e. The standard InChI is InChI=1S/C20H22N4O2/c1-15-8-9-17(14-22-15)26-18-16(7-6-10-21-18)13-23-19(25)20(2,3)24-11-4-5-12-24/h4-12,14H,13H2,1-3H3,(H,23,25). The topological polar surface area (TPSA) is 69.0 Å². The van der Waals surface area contributed by atoms with Crippen molar-refractivity contribution in [3.05, 3.63) is 72.4 Å². The first kappa shape index (κ1) is 17.7. The quantitative estimate of drug-likeness (QED) is 0.739. The summed E-state index contributed by atoms with van der Waals surface area (Å²) in [6.45, 7) is 5.99. The minimum Gasteiger partial charge on any atom is -0.437 e. The summed E-state index contributed by atoms with van der Waals surface area (Å²) in [5, 5.41) is 2.97. The van der Waals surface area contributed by atoms with Gasteiger partial charge in [-0.15, -0.1) is 0 Å². The molecule has 6 heteroatoms. The van der Waals surface area contributed by atoms with E-state index in [4.69, 9.17) is 4.74 Å². The molecule has 0 saturated heterocycles. The Balaban J connectivity index is 1.70. The van der Waals surface area contributed by atoms with E-state index >= 15 is 0 Å². The number of ether oxygens (including phenoxy) is 1. The number of rotatable bonds is 6. The number of aryl methyl sites for hydroxylation is 1. The van der Waals surface area contributed by atoms with Crippen LogP contribution in [0, 0.1) is 6.92 Å². The molecule has 3 heterocycles. The van der Waals surface area contributed by atoms with Crippen molar-refractivity contribution in [3.8, 4) is 11.6 Å². The van der Waals surface area contributed by atoms with Gasteiger partial charge in [0.05, 0.1) is 6.20 Å². The average Bonchev–Trinajstić information content (AvgIpc) is 3.18. The van der Waals surface area contributed by atoms with Crippen molar-refractivity contribution < 1.29 is 9.53 Å². The van der Waals surface area contributed by atoms with Gasteiger partial charge in [-0.3, -0.25) is 9.78 Å². The highest BCUT2D eigenvalue weighted by atomic mass is 16.5. The molecule has 0 aliphatic rings. The lowest BCUT2D eigenvalue weighted by atomic mass is 10.0. The van der Waals surface area contributed by atoms with E-state index in [1.54, 1.807) is 12.4 Å². The fraction of sp³-hybridized carbons (Fsp3) is 0.250. The van der Waals surface area contributed by atoms with Crippen molar-refractivity contribution in [1.82, 2.24) is 19.9 Å². The van der Waals surface area contributed by atoms with Crippen LogP contribution in [0.5, 0.6) is 11.6 Å². The fourth-order valence-corrected chi connectivity index (χ4v) is 2.49. The molecule has 3 rings (SSSR count). The molecular weight excluding hydrogens is 328 g/mol. The Bertz CT molecular complexity index is 871. The van der Waals surface area contributed by atoms with Crippen LogP contribution in [-0.4, -0.2) is 20.4 Å². The Labute approximate surface area is 152 Å². The molecule has 0 unspecified atom stereocenters. The van der Waals surface area contributed by atoms with E-state index in [0.29, 0.717) is 18.2 Å². The third-order valence-corrected chi connectivity index (χ3v) is 4.19. The first-order valence-corrected chi connectivity index (χ1v) is 8.43. The maximum atomic E-state index is 12.6. The highest BCUT2D eigenvalue weighted by Crippen LogP contribution is 2.23. The number of hydrogen-bond donors (Lipinski definition) is 1. The van der Waals surface area contributed by atoms with Gasteiger partial charge in [-0.1, -0.05) is 6.07 Å². The van der Waals surface area contributed by atoms with Crippen molar-refractivity contribution in [2.24, 2.45) is 0 Å². The fourth-order valence-electron chi connectivity index (χ4n) is 2.49. The van der Waals surface area contributed by atoms with Gasteiger partial charge in [0.25, 0.3) is 0 Å². The Morgan fingerprint density at radius 3 is 2.62 bits per heavy atom. The number of amides is 1. The van der Waals surface area contributed by atoms with Gasteiger partial charge in [0.2, 0.25) is 11.8 Å². The van der Waals surface area contributed by atoms with E-state index in [1.807, 2.05) is 74.1 Å². The zero-order chi connectivity index (χ0) is 18.6. The number of nitrogens with zero attached hydrogens (tertiary/aromatic N) is 3. The zero-order valence-electron chi connectivity index (χ0n) is 15.1. The summed E-state index contributed by atoms with van der Waals surface area (Å²) in [5.74, 6) is 0.979. The van der Waals surface area contributed by atoms with Crippen LogP contribution < -0.4 is 10.1 Å². The van der Waals surface area contributed by atoms with E-state index in [-0.39, 0.29) is 5.91 Å². The summed E-state index contributed by atoms with van der Waals surface area (Å²) in [6.07, 6.45) is 7.07. The van der Waals surface area contributed by atoms with E-state index < -0.39 is 5.54 Å². The molecule has 134 valence electrons. The van der Waals surface area contributed by atoms with Crippen LogP contribution in [0.4, 0.5) is 0 Å². The second-order valence-electron chi connectivity index (χ2n) is 6.54. The molecule has 26 heavy (non-hydrogen) atoms. The van der Waals surface area contributed by atoms with E-state index in [1.165, 1.54) is 0 Å².